The number of likely N-dealkylation sites (N-methyl/N-ethyl adjacent to an activating group) is 1. The summed E-state index contributed by atoms with van der Waals surface area (Å²) in [5.41, 5.74) is 0.665. The number of amides is 2. The molecule has 0 fully saturated rings. The van der Waals surface area contributed by atoms with Crippen molar-refractivity contribution in [3.8, 4) is 11.4 Å². The van der Waals surface area contributed by atoms with Crippen LogP contribution >= 0.6 is 11.8 Å². The van der Waals surface area contributed by atoms with Gasteiger partial charge in [-0.25, -0.2) is 0 Å². The predicted octanol–water partition coefficient (Wildman–Crippen LogP) is -0.336. The molecule has 1 aromatic carbocycles. The highest BCUT2D eigenvalue weighted by molar-refractivity contribution is 7.99. The van der Waals surface area contributed by atoms with Crippen LogP contribution < -0.4 is 5.32 Å². The molecule has 0 aliphatic heterocycles. The van der Waals surface area contributed by atoms with Crippen molar-refractivity contribution < 1.29 is 14.7 Å². The molecule has 0 aliphatic rings. The molecule has 1 aromatic heterocycles. The molecule has 122 valence electrons. The number of phenolic OH excluding ortho intramolecular Hbond substituents is 1. The Bertz CT molecular complexity index is 685. The van der Waals surface area contributed by atoms with Gasteiger partial charge < -0.3 is 15.3 Å². The first-order valence-electron chi connectivity index (χ1n) is 6.65. The molecular formula is C13H16N6O3S. The summed E-state index contributed by atoms with van der Waals surface area (Å²) in [5, 5.41) is 23.6. The number of aromatic nitrogens is 4. The van der Waals surface area contributed by atoms with Gasteiger partial charge in [-0.2, -0.15) is 4.68 Å². The van der Waals surface area contributed by atoms with E-state index in [4.69, 9.17) is 0 Å². The Kier molecular flexibility index (Phi) is 5.52. The summed E-state index contributed by atoms with van der Waals surface area (Å²) in [6.07, 6.45) is 0. The Morgan fingerprint density at radius 3 is 2.65 bits per heavy atom. The topological polar surface area (TPSA) is 113 Å². The second-order valence-electron chi connectivity index (χ2n) is 4.74. The van der Waals surface area contributed by atoms with E-state index in [9.17, 15) is 14.7 Å². The normalized spacial score (nSPS) is 10.3. The highest BCUT2D eigenvalue weighted by Gasteiger charge is 2.12. The first-order chi connectivity index (χ1) is 11.0. The van der Waals surface area contributed by atoms with Gasteiger partial charge in [0.2, 0.25) is 17.0 Å². The van der Waals surface area contributed by atoms with Crippen LogP contribution in [-0.2, 0) is 9.59 Å². The van der Waals surface area contributed by atoms with Gasteiger partial charge in [0.05, 0.1) is 18.0 Å². The molecule has 0 saturated carbocycles. The number of carbonyl (C=O) groups is 2. The zero-order valence-corrected chi connectivity index (χ0v) is 13.4. The smallest absolute Gasteiger partial charge is 0.241 e. The van der Waals surface area contributed by atoms with E-state index in [1.54, 1.807) is 26.2 Å². The molecule has 0 saturated heterocycles. The van der Waals surface area contributed by atoms with Crippen molar-refractivity contribution in [2.75, 3.05) is 26.4 Å². The van der Waals surface area contributed by atoms with Crippen LogP contribution in [0.4, 0.5) is 0 Å². The van der Waals surface area contributed by atoms with E-state index in [0.29, 0.717) is 10.8 Å². The fourth-order valence-corrected chi connectivity index (χ4v) is 2.26. The van der Waals surface area contributed by atoms with Crippen LogP contribution in [0.1, 0.15) is 0 Å². The summed E-state index contributed by atoms with van der Waals surface area (Å²) in [7, 11) is 3.24. The largest absolute Gasteiger partial charge is 0.508 e. The van der Waals surface area contributed by atoms with Crippen LogP contribution in [0.2, 0.25) is 0 Å². The maximum absolute atomic E-state index is 11.7. The molecule has 2 N–H and O–H groups in total. The Morgan fingerprint density at radius 2 is 2.00 bits per heavy atom. The Hall–Kier alpha value is -2.62. The maximum atomic E-state index is 11.7. The predicted molar refractivity (Wildman–Crippen MR) is 83.2 cm³/mol. The van der Waals surface area contributed by atoms with Gasteiger partial charge in [-0.3, -0.25) is 9.59 Å². The van der Waals surface area contributed by atoms with Gasteiger partial charge in [0.1, 0.15) is 5.75 Å². The van der Waals surface area contributed by atoms with Crippen LogP contribution in [0.3, 0.4) is 0 Å². The first-order valence-corrected chi connectivity index (χ1v) is 7.63. The summed E-state index contributed by atoms with van der Waals surface area (Å²) < 4.78 is 1.46. The van der Waals surface area contributed by atoms with E-state index in [1.165, 1.54) is 21.7 Å². The van der Waals surface area contributed by atoms with Gasteiger partial charge >= 0.3 is 0 Å². The molecule has 2 amide bonds. The second-order valence-corrected chi connectivity index (χ2v) is 5.69. The number of carbonyl (C=O) groups excluding carboxylic acids is 2. The molecule has 0 aliphatic carbocycles. The average Bonchev–Trinajstić information content (AvgIpc) is 2.99. The molecule has 0 radical (unpaired) electrons. The zero-order chi connectivity index (χ0) is 16.8. The molecule has 2 rings (SSSR count). The van der Waals surface area contributed by atoms with Gasteiger partial charge in [-0.15, -0.1) is 5.10 Å². The molecule has 23 heavy (non-hydrogen) atoms. The monoisotopic (exact) mass is 336 g/mol. The summed E-state index contributed by atoms with van der Waals surface area (Å²) in [4.78, 5) is 24.5. The van der Waals surface area contributed by atoms with Gasteiger partial charge in [-0.1, -0.05) is 11.8 Å². The summed E-state index contributed by atoms with van der Waals surface area (Å²) in [6, 6.07) is 6.35. The number of tetrazole rings is 1. The SMILES string of the molecule is CN(C)C(=O)CNC(=O)CSc1nnnn1-c1ccc(O)cc1. The van der Waals surface area contributed by atoms with Crippen molar-refractivity contribution in [1.82, 2.24) is 30.4 Å². The minimum atomic E-state index is -0.287. The zero-order valence-electron chi connectivity index (χ0n) is 12.6. The minimum absolute atomic E-state index is 0.0463. The summed E-state index contributed by atoms with van der Waals surface area (Å²) in [6.45, 7) is -0.0463. The van der Waals surface area contributed by atoms with Crippen LogP contribution in [-0.4, -0.2) is 68.4 Å². The molecule has 1 heterocycles. The van der Waals surface area contributed by atoms with Crippen molar-refractivity contribution in [3.63, 3.8) is 0 Å². The van der Waals surface area contributed by atoms with E-state index in [1.807, 2.05) is 0 Å². The quantitative estimate of drug-likeness (QED) is 0.694. The van der Waals surface area contributed by atoms with E-state index in [2.05, 4.69) is 20.8 Å². The average molecular weight is 336 g/mol. The van der Waals surface area contributed by atoms with E-state index in [-0.39, 0.29) is 29.9 Å². The molecule has 2 aromatic rings. The van der Waals surface area contributed by atoms with Gasteiger partial charge in [-0.05, 0) is 34.7 Å². The van der Waals surface area contributed by atoms with Crippen molar-refractivity contribution in [2.45, 2.75) is 5.16 Å². The Morgan fingerprint density at radius 1 is 1.30 bits per heavy atom. The number of hydrogen-bond acceptors (Lipinski definition) is 7. The third-order valence-electron chi connectivity index (χ3n) is 2.80. The number of benzene rings is 1. The number of thioether (sulfide) groups is 1. The lowest BCUT2D eigenvalue weighted by molar-refractivity contribution is -0.130. The van der Waals surface area contributed by atoms with Crippen LogP contribution in [0.25, 0.3) is 5.69 Å². The molecule has 0 unspecified atom stereocenters. The fourth-order valence-electron chi connectivity index (χ4n) is 1.54. The van der Waals surface area contributed by atoms with Crippen LogP contribution in [0.5, 0.6) is 5.75 Å². The highest BCUT2D eigenvalue weighted by atomic mass is 32.2. The second kappa shape index (κ2) is 7.58. The van der Waals surface area contributed by atoms with Gasteiger partial charge in [0, 0.05) is 14.1 Å². The van der Waals surface area contributed by atoms with E-state index >= 15 is 0 Å². The molecule has 0 bridgehead atoms. The number of hydrogen-bond donors (Lipinski definition) is 2. The standard InChI is InChI=1S/C13H16N6O3S/c1-18(2)12(22)7-14-11(21)8-23-13-15-16-17-19(13)9-3-5-10(20)6-4-9/h3-6,20H,7-8H2,1-2H3,(H,14,21). The lowest BCUT2D eigenvalue weighted by Crippen LogP contribution is -2.37. The van der Waals surface area contributed by atoms with Crippen molar-refractivity contribution >= 4 is 23.6 Å². The molecule has 10 heteroatoms. The van der Waals surface area contributed by atoms with Gasteiger partial charge in [0.15, 0.2) is 0 Å². The maximum Gasteiger partial charge on any atom is 0.241 e. The lowest BCUT2D eigenvalue weighted by atomic mass is 10.3. The molecular weight excluding hydrogens is 320 g/mol. The summed E-state index contributed by atoms with van der Waals surface area (Å²) in [5.74, 6) is -0.247. The Labute approximate surface area is 136 Å². The summed E-state index contributed by atoms with van der Waals surface area (Å²) >= 11 is 1.15. The number of phenols is 1. The molecule has 0 spiro atoms. The number of rotatable bonds is 6. The third-order valence-corrected chi connectivity index (χ3v) is 3.72. The number of nitrogens with one attached hydrogen (secondary N) is 1. The molecule has 9 nitrogen and oxygen atoms in total. The van der Waals surface area contributed by atoms with Crippen LogP contribution in [0, 0.1) is 0 Å². The third kappa shape index (κ3) is 4.68. The highest BCUT2D eigenvalue weighted by Crippen LogP contribution is 2.19. The Balaban J connectivity index is 1.92. The number of aromatic hydroxyl groups is 1. The van der Waals surface area contributed by atoms with Crippen LogP contribution in [0.15, 0.2) is 29.4 Å². The lowest BCUT2D eigenvalue weighted by Gasteiger charge is -2.10. The van der Waals surface area contributed by atoms with Crippen molar-refractivity contribution in [2.24, 2.45) is 0 Å². The van der Waals surface area contributed by atoms with E-state index < -0.39 is 0 Å². The first kappa shape index (κ1) is 16.7. The van der Waals surface area contributed by atoms with Gasteiger partial charge in [0.25, 0.3) is 0 Å². The van der Waals surface area contributed by atoms with Crippen molar-refractivity contribution in [3.05, 3.63) is 24.3 Å². The minimum Gasteiger partial charge on any atom is -0.508 e. The van der Waals surface area contributed by atoms with Crippen molar-refractivity contribution in [1.29, 1.82) is 0 Å². The number of nitrogens with zero attached hydrogens (tertiary/aromatic N) is 5. The van der Waals surface area contributed by atoms with E-state index in [0.717, 1.165) is 11.8 Å². The fraction of sp³-hybridized carbons (Fsp3) is 0.308. The molecule has 0 atom stereocenters.